The third-order valence-corrected chi connectivity index (χ3v) is 6.86. The van der Waals surface area contributed by atoms with E-state index >= 15 is 0 Å². The molecule has 3 heterocycles. The Morgan fingerprint density at radius 1 is 1.09 bits per heavy atom. The summed E-state index contributed by atoms with van der Waals surface area (Å²) in [5.41, 5.74) is 8.20. The van der Waals surface area contributed by atoms with Crippen molar-refractivity contribution >= 4 is 5.91 Å². The van der Waals surface area contributed by atoms with Gasteiger partial charge in [0, 0.05) is 24.6 Å². The summed E-state index contributed by atoms with van der Waals surface area (Å²) in [7, 11) is 3.22. The molecule has 2 aromatic rings. The van der Waals surface area contributed by atoms with E-state index in [4.69, 9.17) is 14.2 Å². The molecular formula is C24H29N3O5. The molecule has 3 fully saturated rings. The monoisotopic (exact) mass is 439 g/mol. The fraction of sp³-hybridized carbons (Fsp3) is 0.458. The smallest absolute Gasteiger partial charge is 0.242 e. The number of amides is 1. The minimum Gasteiger partial charge on any atom is -0.508 e. The number of para-hydroxylation sites is 1. The third kappa shape index (κ3) is 3.48. The van der Waals surface area contributed by atoms with Crippen LogP contribution in [0.3, 0.4) is 0 Å². The van der Waals surface area contributed by atoms with Gasteiger partial charge in [0.25, 0.3) is 0 Å². The zero-order valence-electron chi connectivity index (χ0n) is 18.3. The molecule has 5 unspecified atom stereocenters. The Morgan fingerprint density at radius 2 is 1.88 bits per heavy atom. The Labute approximate surface area is 187 Å². The molecule has 0 aromatic heterocycles. The van der Waals surface area contributed by atoms with Crippen molar-refractivity contribution in [2.75, 3.05) is 27.4 Å². The number of benzene rings is 2. The van der Waals surface area contributed by atoms with E-state index in [1.807, 2.05) is 35.2 Å². The summed E-state index contributed by atoms with van der Waals surface area (Å²) in [5.74, 6) is 1.38. The largest absolute Gasteiger partial charge is 0.508 e. The van der Waals surface area contributed by atoms with Crippen LogP contribution >= 0.6 is 0 Å². The molecule has 3 N–H and O–H groups in total. The van der Waals surface area contributed by atoms with Gasteiger partial charge in [-0.15, -0.1) is 0 Å². The van der Waals surface area contributed by atoms with Gasteiger partial charge in [-0.1, -0.05) is 24.3 Å². The Kier molecular flexibility index (Phi) is 5.67. The van der Waals surface area contributed by atoms with Crippen LogP contribution in [0.2, 0.25) is 0 Å². The number of phenolic OH excluding ortho intramolecular Hbond substituents is 1. The molecule has 0 radical (unpaired) electrons. The molecule has 5 atom stereocenters. The quantitative estimate of drug-likeness (QED) is 0.636. The summed E-state index contributed by atoms with van der Waals surface area (Å²) in [6.45, 7) is 1.28. The van der Waals surface area contributed by atoms with Crippen LogP contribution in [0.4, 0.5) is 0 Å². The Morgan fingerprint density at radius 3 is 2.59 bits per heavy atom. The van der Waals surface area contributed by atoms with Crippen molar-refractivity contribution in [1.29, 1.82) is 0 Å². The second kappa shape index (κ2) is 8.61. The SMILES string of the molecule is COc1ccc(C2C3C(NNC3c3ccccc3O)C(=O)N2CC2CCCO2)cc1OC. The molecule has 0 saturated carbocycles. The average molecular weight is 440 g/mol. The van der Waals surface area contributed by atoms with Gasteiger partial charge in [-0.2, -0.15) is 0 Å². The van der Waals surface area contributed by atoms with Crippen LogP contribution in [-0.4, -0.2) is 55.4 Å². The van der Waals surface area contributed by atoms with Gasteiger partial charge in [0.1, 0.15) is 11.8 Å². The van der Waals surface area contributed by atoms with Crippen LogP contribution in [0.15, 0.2) is 42.5 Å². The van der Waals surface area contributed by atoms with E-state index in [0.717, 1.165) is 30.6 Å². The maximum atomic E-state index is 13.5. The lowest BCUT2D eigenvalue weighted by molar-refractivity contribution is -0.132. The number of nitrogens with zero attached hydrogens (tertiary/aromatic N) is 1. The zero-order chi connectivity index (χ0) is 22.2. The van der Waals surface area contributed by atoms with Crippen LogP contribution in [0.25, 0.3) is 0 Å². The van der Waals surface area contributed by atoms with E-state index in [0.29, 0.717) is 18.0 Å². The van der Waals surface area contributed by atoms with Crippen molar-refractivity contribution in [3.05, 3.63) is 53.6 Å². The van der Waals surface area contributed by atoms with Gasteiger partial charge in [-0.25, -0.2) is 10.9 Å². The van der Waals surface area contributed by atoms with Crippen molar-refractivity contribution in [3.8, 4) is 17.2 Å². The number of hydrazine groups is 1. The highest BCUT2D eigenvalue weighted by Gasteiger charge is 2.56. The van der Waals surface area contributed by atoms with Gasteiger partial charge in [0.15, 0.2) is 11.5 Å². The number of methoxy groups -OCH3 is 2. The number of phenols is 1. The van der Waals surface area contributed by atoms with Crippen LogP contribution < -0.4 is 20.3 Å². The van der Waals surface area contributed by atoms with Gasteiger partial charge >= 0.3 is 0 Å². The second-order valence-corrected chi connectivity index (χ2v) is 8.57. The number of ether oxygens (including phenoxy) is 3. The number of hydrogen-bond acceptors (Lipinski definition) is 7. The fourth-order valence-electron chi connectivity index (χ4n) is 5.36. The number of likely N-dealkylation sites (tertiary alicyclic amines) is 1. The zero-order valence-corrected chi connectivity index (χ0v) is 18.3. The molecular weight excluding hydrogens is 410 g/mol. The maximum absolute atomic E-state index is 13.5. The number of aromatic hydroxyl groups is 1. The molecule has 0 aliphatic carbocycles. The Hall–Kier alpha value is -2.81. The van der Waals surface area contributed by atoms with E-state index in [-0.39, 0.29) is 35.8 Å². The molecule has 3 aliphatic heterocycles. The maximum Gasteiger partial charge on any atom is 0.242 e. The number of rotatable bonds is 6. The third-order valence-electron chi connectivity index (χ3n) is 6.86. The van der Waals surface area contributed by atoms with Crippen LogP contribution in [0.5, 0.6) is 17.2 Å². The average Bonchev–Trinajstić information content (AvgIpc) is 3.53. The van der Waals surface area contributed by atoms with Crippen molar-refractivity contribution < 1.29 is 24.1 Å². The highest BCUT2D eigenvalue weighted by atomic mass is 16.5. The molecule has 32 heavy (non-hydrogen) atoms. The first kappa shape index (κ1) is 21.1. The lowest BCUT2D eigenvalue weighted by Gasteiger charge is -2.33. The predicted molar refractivity (Wildman–Crippen MR) is 117 cm³/mol. The summed E-state index contributed by atoms with van der Waals surface area (Å²) in [5, 5.41) is 10.5. The summed E-state index contributed by atoms with van der Waals surface area (Å²) in [4.78, 5) is 15.5. The van der Waals surface area contributed by atoms with Gasteiger partial charge in [0.05, 0.1) is 32.4 Å². The first-order valence-electron chi connectivity index (χ1n) is 11.1. The van der Waals surface area contributed by atoms with Gasteiger partial charge in [-0.05, 0) is 36.6 Å². The molecule has 3 saturated heterocycles. The lowest BCUT2D eigenvalue weighted by Crippen LogP contribution is -2.43. The molecule has 1 amide bonds. The number of hydrogen-bond donors (Lipinski definition) is 3. The summed E-state index contributed by atoms with van der Waals surface area (Å²) in [6, 6.07) is 12.2. The minimum absolute atomic E-state index is 0.0377. The standard InChI is InChI=1S/C24H29N3O5/c1-30-18-10-9-14(12-19(18)31-2)23-20-21(16-7-3-4-8-17(16)28)25-26-22(20)24(29)27(23)13-15-6-5-11-32-15/h3-4,7-10,12,15,20-23,25-26,28H,5-6,11,13H2,1-2H3. The molecule has 2 aromatic carbocycles. The molecule has 0 bridgehead atoms. The van der Waals surface area contributed by atoms with E-state index in [9.17, 15) is 9.90 Å². The minimum atomic E-state index is -0.404. The number of fused-ring (bicyclic) bond motifs is 1. The highest BCUT2D eigenvalue weighted by Crippen LogP contribution is 2.49. The van der Waals surface area contributed by atoms with E-state index in [1.54, 1.807) is 26.4 Å². The number of carbonyl (C=O) groups is 1. The molecule has 5 rings (SSSR count). The highest BCUT2D eigenvalue weighted by molar-refractivity contribution is 5.86. The molecule has 170 valence electrons. The number of nitrogens with one attached hydrogen (secondary N) is 2. The number of carbonyl (C=O) groups excluding carboxylic acids is 1. The van der Waals surface area contributed by atoms with E-state index in [1.165, 1.54) is 0 Å². The van der Waals surface area contributed by atoms with Crippen molar-refractivity contribution in [1.82, 2.24) is 15.8 Å². The predicted octanol–water partition coefficient (Wildman–Crippen LogP) is 2.31. The first-order valence-corrected chi connectivity index (χ1v) is 11.1. The second-order valence-electron chi connectivity index (χ2n) is 8.57. The van der Waals surface area contributed by atoms with Gasteiger partial charge in [0.2, 0.25) is 5.91 Å². The summed E-state index contributed by atoms with van der Waals surface area (Å²) >= 11 is 0. The Balaban J connectivity index is 1.57. The van der Waals surface area contributed by atoms with Crippen LogP contribution in [-0.2, 0) is 9.53 Å². The fourth-order valence-corrected chi connectivity index (χ4v) is 5.36. The van der Waals surface area contributed by atoms with Gasteiger partial charge < -0.3 is 24.2 Å². The first-order chi connectivity index (χ1) is 15.6. The summed E-state index contributed by atoms with van der Waals surface area (Å²) in [6.07, 6.45) is 2.00. The summed E-state index contributed by atoms with van der Waals surface area (Å²) < 4.78 is 16.8. The molecule has 3 aliphatic rings. The van der Waals surface area contributed by atoms with Crippen molar-refractivity contribution in [3.63, 3.8) is 0 Å². The van der Waals surface area contributed by atoms with E-state index in [2.05, 4.69) is 10.9 Å². The Bertz CT molecular complexity index is 993. The van der Waals surface area contributed by atoms with Gasteiger partial charge in [-0.3, -0.25) is 4.79 Å². The van der Waals surface area contributed by atoms with Crippen LogP contribution in [0, 0.1) is 5.92 Å². The van der Waals surface area contributed by atoms with Crippen molar-refractivity contribution in [2.45, 2.75) is 37.1 Å². The normalized spacial score (nSPS) is 29.4. The molecule has 8 nitrogen and oxygen atoms in total. The lowest BCUT2D eigenvalue weighted by atomic mass is 9.83. The van der Waals surface area contributed by atoms with E-state index < -0.39 is 6.04 Å². The topological polar surface area (TPSA) is 92.3 Å². The molecule has 8 heteroatoms. The van der Waals surface area contributed by atoms with Crippen molar-refractivity contribution in [2.24, 2.45) is 5.92 Å². The van der Waals surface area contributed by atoms with Crippen LogP contribution in [0.1, 0.15) is 36.1 Å². The molecule has 0 spiro atoms.